The van der Waals surface area contributed by atoms with Gasteiger partial charge in [-0.3, -0.25) is 0 Å². The maximum Gasteiger partial charge on any atom is 0.315 e. The van der Waals surface area contributed by atoms with E-state index in [-0.39, 0.29) is 42.9 Å². The van der Waals surface area contributed by atoms with Crippen LogP contribution in [0.4, 0.5) is 6.01 Å². The van der Waals surface area contributed by atoms with Crippen molar-refractivity contribution >= 4 is 6.01 Å². The number of hydrogen-bond donors (Lipinski definition) is 1. The van der Waals surface area contributed by atoms with Crippen LogP contribution in [0.1, 0.15) is 34.4 Å². The Morgan fingerprint density at radius 3 is 2.20 bits per heavy atom. The summed E-state index contributed by atoms with van der Waals surface area (Å²) in [6, 6.07) is 22.3. The molecule has 206 valence electrons. The molecule has 2 heterocycles. The number of aromatic nitrogens is 2. The van der Waals surface area contributed by atoms with Crippen LogP contribution in [0.3, 0.4) is 0 Å². The van der Waals surface area contributed by atoms with E-state index in [4.69, 9.17) is 28.1 Å². The van der Waals surface area contributed by atoms with Gasteiger partial charge in [-0.05, 0) is 35.4 Å². The van der Waals surface area contributed by atoms with Crippen molar-refractivity contribution in [1.29, 1.82) is 0 Å². The van der Waals surface area contributed by atoms with Crippen molar-refractivity contribution in [2.75, 3.05) is 40.8 Å². The summed E-state index contributed by atoms with van der Waals surface area (Å²) in [7, 11) is 8.36. The van der Waals surface area contributed by atoms with Crippen LogP contribution in [-0.2, 0) is 10.3 Å². The molecule has 4 atom stereocenters. The molecular weight excluding hydrogens is 736 g/mol. The molecule has 0 unspecified atom stereocenters. The van der Waals surface area contributed by atoms with Gasteiger partial charge in [0.15, 0.2) is 0 Å². The van der Waals surface area contributed by atoms with Gasteiger partial charge in [-0.1, -0.05) is 53.5 Å². The molecular formula is C30H30N3O6U-. The Bertz CT molecular complexity index is 1460. The van der Waals surface area contributed by atoms with Gasteiger partial charge >= 0.3 is 6.01 Å². The number of hydrogen-bond acceptors (Lipinski definition) is 9. The zero-order chi connectivity index (χ0) is 27.1. The van der Waals surface area contributed by atoms with Crippen LogP contribution in [-0.4, -0.2) is 51.8 Å². The molecule has 9 nitrogen and oxygen atoms in total. The summed E-state index contributed by atoms with van der Waals surface area (Å²) in [6.45, 7) is 0. The Morgan fingerprint density at radius 1 is 0.875 bits per heavy atom. The van der Waals surface area contributed by atoms with Gasteiger partial charge in [0.05, 0.1) is 33.4 Å². The number of benzene rings is 3. The van der Waals surface area contributed by atoms with E-state index in [2.05, 4.69) is 27.6 Å². The molecule has 40 heavy (non-hydrogen) atoms. The summed E-state index contributed by atoms with van der Waals surface area (Å²) in [6.07, 6.45) is -0.481. The molecule has 1 fully saturated rings. The number of rotatable bonds is 8. The second-order valence-corrected chi connectivity index (χ2v) is 9.45. The summed E-state index contributed by atoms with van der Waals surface area (Å²) >= 11 is 0. The summed E-state index contributed by atoms with van der Waals surface area (Å²) in [5.41, 5.74) is 1.81. The van der Waals surface area contributed by atoms with Crippen LogP contribution in [0.25, 0.3) is 0 Å². The van der Waals surface area contributed by atoms with E-state index < -0.39 is 11.7 Å². The first-order valence-corrected chi connectivity index (χ1v) is 12.7. The SMILES string of the molecule is CNc1nnc([C@@H]2[C@@H](c3ccccc3)[C@]3(c4ccc(OC)cc4)Oc4cc(OC)cc(OC)c4[C-]3[C@@H]2OC)o1.[U]. The molecule has 1 saturated carbocycles. The quantitative estimate of drug-likeness (QED) is 0.250. The fourth-order valence-electron chi connectivity index (χ4n) is 6.14. The van der Waals surface area contributed by atoms with Crippen molar-refractivity contribution in [3.63, 3.8) is 0 Å². The third kappa shape index (κ3) is 4.21. The molecule has 0 bridgehead atoms. The normalized spacial score (nSPS) is 22.5. The van der Waals surface area contributed by atoms with Crippen molar-refractivity contribution in [3.8, 4) is 23.0 Å². The van der Waals surface area contributed by atoms with E-state index in [1.54, 1.807) is 35.5 Å². The average molecular weight is 767 g/mol. The Hall–Kier alpha value is -3.32. The van der Waals surface area contributed by atoms with E-state index in [1.807, 2.05) is 54.6 Å². The van der Waals surface area contributed by atoms with Gasteiger partial charge in [0, 0.05) is 62.7 Å². The van der Waals surface area contributed by atoms with Crippen molar-refractivity contribution in [2.45, 2.75) is 23.5 Å². The minimum absolute atomic E-state index is 0. The minimum atomic E-state index is -0.991. The first-order chi connectivity index (χ1) is 19.1. The van der Waals surface area contributed by atoms with Crippen molar-refractivity contribution < 1.29 is 59.2 Å². The summed E-state index contributed by atoms with van der Waals surface area (Å²) in [5.74, 6) is 3.36. The fourth-order valence-corrected chi connectivity index (χ4v) is 6.14. The van der Waals surface area contributed by atoms with Crippen LogP contribution < -0.4 is 24.3 Å². The molecule has 1 aromatic heterocycles. The monoisotopic (exact) mass is 766 g/mol. The number of nitrogens with zero attached hydrogens (tertiary/aromatic N) is 2. The number of fused-ring (bicyclic) bond motifs is 3. The Kier molecular flexibility index (Phi) is 7.96. The second-order valence-electron chi connectivity index (χ2n) is 9.45. The number of nitrogens with one attached hydrogen (secondary N) is 1. The van der Waals surface area contributed by atoms with Gasteiger partial charge in [-0.2, -0.15) is 0 Å². The molecule has 4 aromatic rings. The zero-order valence-corrected chi connectivity index (χ0v) is 27.1. The van der Waals surface area contributed by atoms with E-state index in [1.165, 1.54) is 0 Å². The van der Waals surface area contributed by atoms with Gasteiger partial charge in [-0.25, -0.2) is 0 Å². The Labute approximate surface area is 256 Å². The van der Waals surface area contributed by atoms with E-state index in [0.717, 1.165) is 28.4 Å². The molecule has 10 heteroatoms. The van der Waals surface area contributed by atoms with E-state index >= 15 is 0 Å². The third-order valence-electron chi connectivity index (χ3n) is 7.71. The van der Waals surface area contributed by atoms with Crippen LogP contribution in [0.5, 0.6) is 23.0 Å². The van der Waals surface area contributed by atoms with Gasteiger partial charge in [0.2, 0.25) is 5.89 Å². The van der Waals surface area contributed by atoms with Crippen LogP contribution in [0, 0.1) is 37.0 Å². The van der Waals surface area contributed by atoms with Gasteiger partial charge in [0.1, 0.15) is 17.1 Å². The smallest absolute Gasteiger partial charge is 0.315 e. The summed E-state index contributed by atoms with van der Waals surface area (Å²) in [5, 5.41) is 11.6. The summed E-state index contributed by atoms with van der Waals surface area (Å²) in [4.78, 5) is 0. The predicted molar refractivity (Wildman–Crippen MR) is 144 cm³/mol. The Morgan fingerprint density at radius 2 is 1.60 bits per heavy atom. The molecule has 3 aromatic carbocycles. The molecule has 0 saturated heterocycles. The van der Waals surface area contributed by atoms with Crippen molar-refractivity contribution in [1.82, 2.24) is 10.2 Å². The molecule has 1 aliphatic carbocycles. The average Bonchev–Trinajstić information content (AvgIpc) is 3.67. The maximum absolute atomic E-state index is 7.12. The first kappa shape index (κ1) is 28.2. The van der Waals surface area contributed by atoms with Crippen LogP contribution >= 0.6 is 0 Å². The standard InChI is InChI=1S/C30H30N3O6.U/c1-31-29-33-32-28(38-29)24-25(17-9-7-6-8-10-17)30(18-11-13-19(34-2)14-12-18)26(27(24)37-5)23-21(36-4)15-20(35-3)16-22(23)39-30;/h6-16,24-25,27H,1-5H3,(H,31,33);/q-1;/t24-,25-,27-,30+;/m1./s1. The third-order valence-corrected chi connectivity index (χ3v) is 7.71. The maximum atomic E-state index is 7.12. The Balaban J connectivity index is 0.00000323. The minimum Gasteiger partial charge on any atom is -0.553 e. The molecule has 1 aliphatic heterocycles. The fraction of sp³-hybridized carbons (Fsp3) is 0.300. The second kappa shape index (κ2) is 11.3. The van der Waals surface area contributed by atoms with Crippen LogP contribution in [0.15, 0.2) is 71.1 Å². The molecule has 0 spiro atoms. The number of ether oxygens (including phenoxy) is 5. The predicted octanol–water partition coefficient (Wildman–Crippen LogP) is 4.94. The number of anilines is 1. The molecule has 0 amide bonds. The first-order valence-electron chi connectivity index (χ1n) is 12.7. The van der Waals surface area contributed by atoms with Crippen molar-refractivity contribution in [3.05, 3.63) is 95.2 Å². The largest absolute Gasteiger partial charge is 0.553 e. The van der Waals surface area contributed by atoms with Gasteiger partial charge < -0.3 is 33.4 Å². The molecule has 0 radical (unpaired) electrons. The molecule has 6 rings (SSSR count). The van der Waals surface area contributed by atoms with E-state index in [9.17, 15) is 0 Å². The van der Waals surface area contributed by atoms with Crippen LogP contribution in [0.2, 0.25) is 0 Å². The number of methoxy groups -OCH3 is 4. The zero-order valence-electron chi connectivity index (χ0n) is 22.9. The van der Waals surface area contributed by atoms with Gasteiger partial charge in [-0.15, -0.1) is 10.7 Å². The molecule has 1 N–H and O–H groups in total. The summed E-state index contributed by atoms with van der Waals surface area (Å²) < 4.78 is 36.5. The molecule has 2 aliphatic rings. The van der Waals surface area contributed by atoms with Gasteiger partial charge in [0.25, 0.3) is 0 Å². The van der Waals surface area contributed by atoms with Crippen molar-refractivity contribution in [2.24, 2.45) is 0 Å². The van der Waals surface area contributed by atoms with E-state index in [0.29, 0.717) is 29.2 Å². The topological polar surface area (TPSA) is 97.1 Å².